The van der Waals surface area contributed by atoms with Gasteiger partial charge in [-0.25, -0.2) is 0 Å². The van der Waals surface area contributed by atoms with Gasteiger partial charge in [-0.15, -0.1) is 0 Å². The van der Waals surface area contributed by atoms with E-state index in [9.17, 15) is 25.0 Å². The molecule has 8 heteroatoms. The maximum atomic E-state index is 13.1. The highest BCUT2D eigenvalue weighted by molar-refractivity contribution is 5.94. The van der Waals surface area contributed by atoms with Crippen molar-refractivity contribution in [2.75, 3.05) is 6.61 Å². The van der Waals surface area contributed by atoms with Crippen LogP contribution in [-0.4, -0.2) is 22.1 Å². The normalized spacial score (nSPS) is 11.6. The van der Waals surface area contributed by atoms with Crippen LogP contribution in [-0.2, 0) is 9.53 Å². The predicted octanol–water partition coefficient (Wildman–Crippen LogP) is 3.07. The quantitative estimate of drug-likeness (QED) is 0.383. The van der Waals surface area contributed by atoms with Crippen molar-refractivity contribution in [2.24, 2.45) is 0 Å². The van der Waals surface area contributed by atoms with Crippen LogP contribution < -0.4 is 5.56 Å². The van der Waals surface area contributed by atoms with Crippen LogP contribution in [0.5, 0.6) is 0 Å². The highest BCUT2D eigenvalue weighted by Crippen LogP contribution is 2.33. The van der Waals surface area contributed by atoms with E-state index in [1.165, 1.54) is 4.57 Å². The lowest BCUT2D eigenvalue weighted by molar-refractivity contribution is -0.387. The minimum Gasteiger partial charge on any atom is -0.465 e. The van der Waals surface area contributed by atoms with Gasteiger partial charge >= 0.3 is 17.2 Å². The third-order valence-corrected chi connectivity index (χ3v) is 4.23. The van der Waals surface area contributed by atoms with Crippen LogP contribution in [0.4, 0.5) is 5.69 Å². The van der Waals surface area contributed by atoms with E-state index < -0.39 is 28.1 Å². The van der Waals surface area contributed by atoms with Gasteiger partial charge in [0.25, 0.3) is 0 Å². The van der Waals surface area contributed by atoms with Crippen LogP contribution >= 0.6 is 0 Å². The van der Waals surface area contributed by atoms with Crippen molar-refractivity contribution in [1.82, 2.24) is 4.57 Å². The number of ether oxygens (including phenoxy) is 1. The molecule has 0 aliphatic rings. The number of fused-ring (bicyclic) bond motifs is 1. The first-order chi connectivity index (χ1) is 13.5. The molecule has 2 aromatic carbocycles. The number of para-hydroxylation sites is 2. The highest BCUT2D eigenvalue weighted by Gasteiger charge is 2.35. The van der Waals surface area contributed by atoms with Gasteiger partial charge < -0.3 is 4.74 Å². The Balaban J connectivity index is 2.49. The monoisotopic (exact) mass is 377 g/mol. The second-order valence-corrected chi connectivity index (χ2v) is 5.83. The van der Waals surface area contributed by atoms with Crippen LogP contribution in [0.2, 0.25) is 0 Å². The summed E-state index contributed by atoms with van der Waals surface area (Å²) in [5.74, 6) is -2.53. The average Bonchev–Trinajstić information content (AvgIpc) is 2.69. The Morgan fingerprint density at radius 2 is 1.86 bits per heavy atom. The number of aromatic nitrogens is 1. The van der Waals surface area contributed by atoms with Gasteiger partial charge in [0.2, 0.25) is 0 Å². The highest BCUT2D eigenvalue weighted by atomic mass is 16.6. The van der Waals surface area contributed by atoms with Gasteiger partial charge in [0.05, 0.1) is 28.7 Å². The van der Waals surface area contributed by atoms with Crippen LogP contribution in [0.3, 0.4) is 0 Å². The summed E-state index contributed by atoms with van der Waals surface area (Å²) in [4.78, 5) is 36.3. The second kappa shape index (κ2) is 7.72. The Kier molecular flexibility index (Phi) is 5.18. The molecule has 0 N–H and O–H groups in total. The maximum absolute atomic E-state index is 13.1. The number of nitriles is 1. The van der Waals surface area contributed by atoms with Crippen molar-refractivity contribution < 1.29 is 14.5 Å². The summed E-state index contributed by atoms with van der Waals surface area (Å²) in [6.45, 7) is 1.57. The van der Waals surface area contributed by atoms with Gasteiger partial charge in [-0.2, -0.15) is 5.26 Å². The Morgan fingerprint density at radius 1 is 1.21 bits per heavy atom. The van der Waals surface area contributed by atoms with Gasteiger partial charge in [-0.05, 0) is 25.1 Å². The standard InChI is InChI=1S/C20H15N3O5/c1-2-28-20(25)15(12-21)17-14-10-6-7-11-16(14)22(13-8-4-3-5-9-13)19(24)18(17)23(26)27/h3-11,15H,2H2,1H3/t15-/m1/s1. The van der Waals surface area contributed by atoms with Gasteiger partial charge in [0.1, 0.15) is 0 Å². The lowest BCUT2D eigenvalue weighted by Gasteiger charge is -2.16. The summed E-state index contributed by atoms with van der Waals surface area (Å²) in [5, 5.41) is 21.6. The molecule has 0 saturated carbocycles. The molecule has 0 spiro atoms. The summed E-state index contributed by atoms with van der Waals surface area (Å²) >= 11 is 0. The van der Waals surface area contributed by atoms with E-state index in [2.05, 4.69) is 0 Å². The largest absolute Gasteiger partial charge is 0.465 e. The molecule has 0 aliphatic carbocycles. The summed E-state index contributed by atoms with van der Waals surface area (Å²) in [6.07, 6.45) is 0. The summed E-state index contributed by atoms with van der Waals surface area (Å²) in [6, 6.07) is 16.6. The first-order valence-electron chi connectivity index (χ1n) is 8.45. The molecule has 0 aliphatic heterocycles. The molecule has 0 fully saturated rings. The van der Waals surface area contributed by atoms with Crippen LogP contribution in [0, 0.1) is 21.4 Å². The zero-order chi connectivity index (χ0) is 20.3. The Hall–Kier alpha value is -3.99. The van der Waals surface area contributed by atoms with Crippen molar-refractivity contribution in [3.63, 3.8) is 0 Å². The Morgan fingerprint density at radius 3 is 2.46 bits per heavy atom. The summed E-state index contributed by atoms with van der Waals surface area (Å²) < 4.78 is 6.10. The SMILES string of the molecule is CCOC(=O)[C@H](C#N)c1c([N+](=O)[O-])c(=O)n(-c2ccccc2)c2ccccc12. The van der Waals surface area contributed by atoms with E-state index in [1.54, 1.807) is 67.6 Å². The third-order valence-electron chi connectivity index (χ3n) is 4.23. The molecule has 1 heterocycles. The lowest BCUT2D eigenvalue weighted by atomic mass is 9.94. The summed E-state index contributed by atoms with van der Waals surface area (Å²) in [5.41, 5.74) is -1.21. The minimum atomic E-state index is -1.59. The number of pyridine rings is 1. The number of carbonyl (C=O) groups is 1. The fraction of sp³-hybridized carbons (Fsp3) is 0.150. The van der Waals surface area contributed by atoms with Crippen molar-refractivity contribution in [2.45, 2.75) is 12.8 Å². The van der Waals surface area contributed by atoms with E-state index in [1.807, 2.05) is 0 Å². The number of hydrogen-bond acceptors (Lipinski definition) is 6. The maximum Gasteiger partial charge on any atom is 0.340 e. The molecule has 140 valence electrons. The molecule has 0 radical (unpaired) electrons. The first-order valence-corrected chi connectivity index (χ1v) is 8.45. The molecule has 0 saturated heterocycles. The number of esters is 1. The Labute approximate surface area is 159 Å². The fourth-order valence-corrected chi connectivity index (χ4v) is 3.12. The number of carbonyl (C=O) groups excluding carboxylic acids is 1. The van der Waals surface area contributed by atoms with Crippen molar-refractivity contribution >= 4 is 22.6 Å². The molecule has 3 rings (SSSR count). The Bertz CT molecular complexity index is 1160. The number of hydrogen-bond donors (Lipinski definition) is 0. The number of rotatable bonds is 5. The number of benzene rings is 2. The van der Waals surface area contributed by atoms with Gasteiger partial charge in [0, 0.05) is 11.1 Å². The molecule has 1 atom stereocenters. The molecule has 0 amide bonds. The van der Waals surface area contributed by atoms with Crippen LogP contribution in [0.1, 0.15) is 18.4 Å². The second-order valence-electron chi connectivity index (χ2n) is 5.83. The van der Waals surface area contributed by atoms with Gasteiger partial charge in [-0.1, -0.05) is 36.4 Å². The predicted molar refractivity (Wildman–Crippen MR) is 101 cm³/mol. The van der Waals surface area contributed by atoms with E-state index in [4.69, 9.17) is 4.74 Å². The van der Waals surface area contributed by atoms with E-state index in [0.29, 0.717) is 11.2 Å². The van der Waals surface area contributed by atoms with E-state index in [-0.39, 0.29) is 17.6 Å². The summed E-state index contributed by atoms with van der Waals surface area (Å²) in [7, 11) is 0. The van der Waals surface area contributed by atoms with Gasteiger partial charge in [-0.3, -0.25) is 24.3 Å². The molecular weight excluding hydrogens is 362 g/mol. The molecule has 3 aromatic rings. The van der Waals surface area contributed by atoms with Crippen molar-refractivity contribution in [3.05, 3.63) is 80.6 Å². The smallest absolute Gasteiger partial charge is 0.340 e. The molecule has 8 nitrogen and oxygen atoms in total. The van der Waals surface area contributed by atoms with Crippen molar-refractivity contribution in [1.29, 1.82) is 5.26 Å². The molecule has 0 unspecified atom stereocenters. The first kappa shape index (κ1) is 18.8. The van der Waals surface area contributed by atoms with E-state index >= 15 is 0 Å². The van der Waals surface area contributed by atoms with Crippen molar-refractivity contribution in [3.8, 4) is 11.8 Å². The fourth-order valence-electron chi connectivity index (χ4n) is 3.12. The molecular formula is C20H15N3O5. The van der Waals surface area contributed by atoms with Crippen LogP contribution in [0.15, 0.2) is 59.4 Å². The van der Waals surface area contributed by atoms with Crippen LogP contribution in [0.25, 0.3) is 16.6 Å². The third kappa shape index (κ3) is 3.10. The van der Waals surface area contributed by atoms with Gasteiger partial charge in [0.15, 0.2) is 5.92 Å². The lowest BCUT2D eigenvalue weighted by Crippen LogP contribution is -2.26. The average molecular weight is 377 g/mol. The van der Waals surface area contributed by atoms with E-state index in [0.717, 1.165) is 0 Å². The molecule has 0 bridgehead atoms. The topological polar surface area (TPSA) is 115 Å². The number of nitrogens with zero attached hydrogens (tertiary/aromatic N) is 3. The molecule has 1 aromatic heterocycles. The molecule has 28 heavy (non-hydrogen) atoms. The zero-order valence-corrected chi connectivity index (χ0v) is 14.9. The number of nitro groups is 1. The minimum absolute atomic E-state index is 0.00379. The zero-order valence-electron chi connectivity index (χ0n) is 14.9.